The summed E-state index contributed by atoms with van der Waals surface area (Å²) in [6.07, 6.45) is 0. The van der Waals surface area contributed by atoms with E-state index < -0.39 is 16.7 Å². The molecule has 0 radical (unpaired) electrons. The first kappa shape index (κ1) is 9.42. The summed E-state index contributed by atoms with van der Waals surface area (Å²) in [7, 11) is 0. The zero-order chi connectivity index (χ0) is 9.35. The van der Waals surface area contributed by atoms with Gasteiger partial charge in [0.25, 0.3) is 0 Å². The molecule has 0 fully saturated rings. The number of hydrogen-bond donors (Lipinski definition) is 1. The lowest BCUT2D eigenvalue weighted by molar-refractivity contribution is 0.145. The first-order valence-corrected chi connectivity index (χ1v) is 3.66. The molecule has 0 amide bonds. The van der Waals surface area contributed by atoms with E-state index in [0.717, 1.165) is 12.1 Å². The molecule has 0 aliphatic carbocycles. The van der Waals surface area contributed by atoms with Crippen LogP contribution in [0.2, 0.25) is 0 Å². The highest BCUT2D eigenvalue weighted by molar-refractivity contribution is 6.22. The van der Waals surface area contributed by atoms with Crippen molar-refractivity contribution in [2.45, 2.75) is 12.0 Å². The smallest absolute Gasteiger partial charge is 0.164 e. The summed E-state index contributed by atoms with van der Waals surface area (Å²) in [5.74, 6) is -1.55. The molecule has 0 spiro atoms. The normalized spacial score (nSPS) is 15.8. The Morgan fingerprint density at radius 1 is 1.42 bits per heavy atom. The van der Waals surface area contributed by atoms with Gasteiger partial charge in [-0.2, -0.15) is 0 Å². The Morgan fingerprint density at radius 2 is 2.00 bits per heavy atom. The molecule has 12 heavy (non-hydrogen) atoms. The minimum absolute atomic E-state index is 0.134. The van der Waals surface area contributed by atoms with E-state index in [1.807, 2.05) is 0 Å². The van der Waals surface area contributed by atoms with Gasteiger partial charge in [0.2, 0.25) is 0 Å². The molecule has 0 heterocycles. The number of alkyl halides is 1. The van der Waals surface area contributed by atoms with Gasteiger partial charge in [0, 0.05) is 11.6 Å². The SMILES string of the molecule is CC(O)(Cl)c1ccc(F)cc1F. The molecule has 0 aromatic heterocycles. The van der Waals surface area contributed by atoms with Crippen molar-refractivity contribution in [3.8, 4) is 0 Å². The largest absolute Gasteiger partial charge is 0.371 e. The summed E-state index contributed by atoms with van der Waals surface area (Å²) < 4.78 is 25.2. The third kappa shape index (κ3) is 1.93. The summed E-state index contributed by atoms with van der Waals surface area (Å²) in [4.78, 5) is 0. The van der Waals surface area contributed by atoms with Crippen LogP contribution in [0.4, 0.5) is 8.78 Å². The van der Waals surface area contributed by atoms with Gasteiger partial charge in [0.05, 0.1) is 0 Å². The van der Waals surface area contributed by atoms with Crippen LogP contribution in [0.5, 0.6) is 0 Å². The van der Waals surface area contributed by atoms with Gasteiger partial charge in [-0.25, -0.2) is 8.78 Å². The minimum Gasteiger partial charge on any atom is -0.371 e. The molecule has 1 rings (SSSR count). The van der Waals surface area contributed by atoms with Crippen molar-refractivity contribution in [3.63, 3.8) is 0 Å². The van der Waals surface area contributed by atoms with E-state index in [1.165, 1.54) is 6.92 Å². The molecule has 0 aliphatic rings. The van der Waals surface area contributed by atoms with Gasteiger partial charge >= 0.3 is 0 Å². The highest BCUT2D eigenvalue weighted by atomic mass is 35.5. The van der Waals surface area contributed by atoms with Gasteiger partial charge in [-0.15, -0.1) is 0 Å². The maximum absolute atomic E-state index is 12.9. The average Bonchev–Trinajstić information content (AvgIpc) is 1.83. The van der Waals surface area contributed by atoms with Gasteiger partial charge < -0.3 is 5.11 Å². The van der Waals surface area contributed by atoms with Gasteiger partial charge in [-0.05, 0) is 19.1 Å². The molecule has 0 saturated heterocycles. The summed E-state index contributed by atoms with van der Waals surface area (Å²) in [5, 5.41) is 7.37. The minimum atomic E-state index is -1.79. The van der Waals surface area contributed by atoms with Gasteiger partial charge in [-0.1, -0.05) is 11.6 Å². The summed E-state index contributed by atoms with van der Waals surface area (Å²) >= 11 is 5.41. The van der Waals surface area contributed by atoms with Gasteiger partial charge in [0.1, 0.15) is 11.6 Å². The zero-order valence-electron chi connectivity index (χ0n) is 6.31. The van der Waals surface area contributed by atoms with Crippen LogP contribution in [0.1, 0.15) is 12.5 Å². The van der Waals surface area contributed by atoms with Crippen molar-refractivity contribution >= 4 is 11.6 Å². The standard InChI is InChI=1S/C8H7ClF2O/c1-8(9,12)6-3-2-5(10)4-7(6)11/h2-4,12H,1H3. The van der Waals surface area contributed by atoms with E-state index in [4.69, 9.17) is 16.7 Å². The molecule has 4 heteroatoms. The lowest BCUT2D eigenvalue weighted by atomic mass is 10.1. The number of hydrogen-bond acceptors (Lipinski definition) is 1. The van der Waals surface area contributed by atoms with Crippen LogP contribution >= 0.6 is 11.6 Å². The molecule has 1 nitrogen and oxygen atoms in total. The molecule has 1 atom stereocenters. The fourth-order valence-corrected chi connectivity index (χ4v) is 1.01. The van der Waals surface area contributed by atoms with Crippen molar-refractivity contribution in [1.82, 2.24) is 0 Å². The molecular formula is C8H7ClF2O. The summed E-state index contributed by atoms with van der Waals surface area (Å²) in [6, 6.07) is 2.82. The van der Waals surface area contributed by atoms with E-state index >= 15 is 0 Å². The molecule has 0 bridgehead atoms. The Morgan fingerprint density at radius 3 is 2.42 bits per heavy atom. The van der Waals surface area contributed by atoms with Crippen molar-refractivity contribution in [3.05, 3.63) is 35.4 Å². The van der Waals surface area contributed by atoms with E-state index in [-0.39, 0.29) is 5.56 Å². The lowest BCUT2D eigenvalue weighted by Gasteiger charge is -2.15. The van der Waals surface area contributed by atoms with E-state index in [9.17, 15) is 8.78 Å². The van der Waals surface area contributed by atoms with E-state index in [0.29, 0.717) is 6.07 Å². The molecule has 1 N–H and O–H groups in total. The molecule has 1 aromatic rings. The Bertz CT molecular complexity index is 294. The quantitative estimate of drug-likeness (QED) is 0.678. The predicted octanol–water partition coefficient (Wildman–Crippen LogP) is 2.37. The second kappa shape index (κ2) is 2.99. The highest BCUT2D eigenvalue weighted by Crippen LogP contribution is 2.27. The number of aliphatic hydroxyl groups is 1. The lowest BCUT2D eigenvalue weighted by Crippen LogP contribution is -2.14. The molecule has 0 aliphatic heterocycles. The molecule has 66 valence electrons. The van der Waals surface area contributed by atoms with Crippen molar-refractivity contribution in [2.75, 3.05) is 0 Å². The van der Waals surface area contributed by atoms with Crippen molar-refractivity contribution in [1.29, 1.82) is 0 Å². The Hall–Kier alpha value is -0.670. The van der Waals surface area contributed by atoms with Crippen LogP contribution < -0.4 is 0 Å². The fourth-order valence-electron chi connectivity index (χ4n) is 0.860. The van der Waals surface area contributed by atoms with E-state index in [1.54, 1.807) is 0 Å². The first-order valence-electron chi connectivity index (χ1n) is 3.28. The third-order valence-corrected chi connectivity index (χ3v) is 1.63. The topological polar surface area (TPSA) is 20.2 Å². The van der Waals surface area contributed by atoms with Gasteiger partial charge in [0.15, 0.2) is 5.06 Å². The van der Waals surface area contributed by atoms with Crippen LogP contribution in [0.3, 0.4) is 0 Å². The van der Waals surface area contributed by atoms with Gasteiger partial charge in [-0.3, -0.25) is 0 Å². The van der Waals surface area contributed by atoms with E-state index in [2.05, 4.69) is 0 Å². The van der Waals surface area contributed by atoms with Crippen LogP contribution in [-0.4, -0.2) is 5.11 Å². The second-order valence-corrected chi connectivity index (χ2v) is 3.31. The predicted molar refractivity (Wildman–Crippen MR) is 41.8 cm³/mol. The van der Waals surface area contributed by atoms with Crippen LogP contribution in [0, 0.1) is 11.6 Å². The maximum Gasteiger partial charge on any atom is 0.164 e. The van der Waals surface area contributed by atoms with Crippen LogP contribution in [0.15, 0.2) is 18.2 Å². The molecule has 1 aromatic carbocycles. The Balaban J connectivity index is 3.19. The van der Waals surface area contributed by atoms with Crippen LogP contribution in [-0.2, 0) is 5.06 Å². The Labute approximate surface area is 73.6 Å². The number of halogens is 3. The number of rotatable bonds is 1. The van der Waals surface area contributed by atoms with Crippen LogP contribution in [0.25, 0.3) is 0 Å². The maximum atomic E-state index is 12.9. The molecular weight excluding hydrogens is 186 g/mol. The number of benzene rings is 1. The highest BCUT2D eigenvalue weighted by Gasteiger charge is 2.23. The Kier molecular flexibility index (Phi) is 2.35. The monoisotopic (exact) mass is 192 g/mol. The van der Waals surface area contributed by atoms with Crippen molar-refractivity contribution < 1.29 is 13.9 Å². The zero-order valence-corrected chi connectivity index (χ0v) is 7.07. The second-order valence-electron chi connectivity index (χ2n) is 2.58. The summed E-state index contributed by atoms with van der Waals surface area (Å²) in [5.41, 5.74) is -0.134. The fraction of sp³-hybridized carbons (Fsp3) is 0.250. The first-order chi connectivity index (χ1) is 5.41. The third-order valence-electron chi connectivity index (χ3n) is 1.42. The average molecular weight is 193 g/mol. The molecule has 1 unspecified atom stereocenters. The summed E-state index contributed by atoms with van der Waals surface area (Å²) in [6.45, 7) is 1.21. The van der Waals surface area contributed by atoms with Crippen molar-refractivity contribution in [2.24, 2.45) is 0 Å². The molecule has 0 saturated carbocycles.